The second-order valence-electron chi connectivity index (χ2n) is 8.37. The minimum absolute atomic E-state index is 0.0761. The largest absolute Gasteiger partial charge is 0.352 e. The Labute approximate surface area is 205 Å². The van der Waals surface area contributed by atoms with E-state index >= 15 is 0 Å². The maximum atomic E-state index is 13.2. The molecule has 1 fully saturated rings. The van der Waals surface area contributed by atoms with Crippen molar-refractivity contribution in [3.63, 3.8) is 0 Å². The lowest BCUT2D eigenvalue weighted by Gasteiger charge is -2.29. The highest BCUT2D eigenvalue weighted by molar-refractivity contribution is 7.99. The molecular weight excluding hydrogens is 463 g/mol. The van der Waals surface area contributed by atoms with E-state index < -0.39 is 6.04 Å². The monoisotopic (exact) mass is 492 g/mol. The lowest BCUT2D eigenvalue weighted by Crippen LogP contribution is -2.50. The van der Waals surface area contributed by atoms with Crippen molar-refractivity contribution in [3.8, 4) is 0 Å². The van der Waals surface area contributed by atoms with E-state index in [4.69, 9.17) is 23.2 Å². The average molecular weight is 494 g/mol. The van der Waals surface area contributed by atoms with Crippen LogP contribution in [0.2, 0.25) is 10.0 Å². The fraction of sp³-hybridized carbons (Fsp3) is 0.440. The average Bonchev–Trinajstić information content (AvgIpc) is 3.27. The first-order valence-corrected chi connectivity index (χ1v) is 12.9. The van der Waals surface area contributed by atoms with Crippen LogP contribution in [0.25, 0.3) is 0 Å². The highest BCUT2D eigenvalue weighted by Gasteiger charge is 2.28. The summed E-state index contributed by atoms with van der Waals surface area (Å²) in [7, 11) is 0. The zero-order chi connectivity index (χ0) is 23.1. The number of carbonyl (C=O) groups excluding carboxylic acids is 2. The number of thioether (sulfide) groups is 1. The molecule has 4 nitrogen and oxygen atoms in total. The number of benzene rings is 2. The molecule has 1 aliphatic rings. The van der Waals surface area contributed by atoms with Crippen LogP contribution < -0.4 is 5.32 Å². The molecule has 0 bridgehead atoms. The van der Waals surface area contributed by atoms with Crippen LogP contribution >= 0.6 is 35.0 Å². The van der Waals surface area contributed by atoms with Crippen molar-refractivity contribution in [3.05, 3.63) is 69.2 Å². The SMILES string of the molecule is Cc1ccc(CN(C(=O)CSCc2c(Cl)cccc2Cl)[C@@H](C)C(=O)NC2CCCC2)cc1. The summed E-state index contributed by atoms with van der Waals surface area (Å²) in [5.74, 6) is 0.615. The Bertz CT molecular complexity index is 910. The zero-order valence-corrected chi connectivity index (χ0v) is 20.9. The Balaban J connectivity index is 1.67. The van der Waals surface area contributed by atoms with Crippen LogP contribution in [0.3, 0.4) is 0 Å². The van der Waals surface area contributed by atoms with Gasteiger partial charge in [-0.15, -0.1) is 11.8 Å². The first kappa shape index (κ1) is 24.9. The molecule has 0 spiro atoms. The molecule has 0 aliphatic heterocycles. The van der Waals surface area contributed by atoms with Crippen molar-refractivity contribution in [2.24, 2.45) is 0 Å². The van der Waals surface area contributed by atoms with Gasteiger partial charge in [0, 0.05) is 28.4 Å². The quantitative estimate of drug-likeness (QED) is 0.466. The van der Waals surface area contributed by atoms with E-state index in [0.29, 0.717) is 22.3 Å². The fourth-order valence-electron chi connectivity index (χ4n) is 3.86. The van der Waals surface area contributed by atoms with Gasteiger partial charge in [-0.25, -0.2) is 0 Å². The summed E-state index contributed by atoms with van der Waals surface area (Å²) in [5, 5.41) is 4.32. The van der Waals surface area contributed by atoms with E-state index in [1.165, 1.54) is 11.8 Å². The van der Waals surface area contributed by atoms with Crippen molar-refractivity contribution < 1.29 is 9.59 Å². The standard InChI is InChI=1S/C25H30Cl2N2O2S/c1-17-10-12-19(13-11-17)14-29(18(2)25(31)28-20-6-3-4-7-20)24(30)16-32-15-21-22(26)8-5-9-23(21)27/h5,8-13,18,20H,3-4,6-7,14-16H2,1-2H3,(H,28,31)/t18-/m0/s1. The van der Waals surface area contributed by atoms with Crippen LogP contribution in [0.15, 0.2) is 42.5 Å². The first-order valence-electron chi connectivity index (χ1n) is 11.0. The molecule has 0 unspecified atom stereocenters. The lowest BCUT2D eigenvalue weighted by atomic mass is 10.1. The van der Waals surface area contributed by atoms with Gasteiger partial charge in [-0.05, 0) is 49.9 Å². The molecule has 7 heteroatoms. The summed E-state index contributed by atoms with van der Waals surface area (Å²) in [4.78, 5) is 27.8. The fourth-order valence-corrected chi connectivity index (χ4v) is 5.51. The molecule has 32 heavy (non-hydrogen) atoms. The van der Waals surface area contributed by atoms with Crippen LogP contribution in [0.1, 0.15) is 49.3 Å². The predicted molar refractivity (Wildman–Crippen MR) is 134 cm³/mol. The van der Waals surface area contributed by atoms with Crippen LogP contribution in [0.5, 0.6) is 0 Å². The Hall–Kier alpha value is -1.69. The first-order chi connectivity index (χ1) is 15.3. The molecule has 2 amide bonds. The molecule has 2 aromatic rings. The number of hydrogen-bond acceptors (Lipinski definition) is 3. The maximum absolute atomic E-state index is 13.2. The molecule has 1 N–H and O–H groups in total. The van der Waals surface area contributed by atoms with Gasteiger partial charge in [-0.3, -0.25) is 9.59 Å². The third-order valence-corrected chi connectivity index (χ3v) is 7.53. The second kappa shape index (κ2) is 12.0. The summed E-state index contributed by atoms with van der Waals surface area (Å²) >= 11 is 14.0. The molecule has 2 aromatic carbocycles. The highest BCUT2D eigenvalue weighted by atomic mass is 35.5. The molecular formula is C25H30Cl2N2O2S. The normalized spacial score (nSPS) is 14.9. The molecule has 0 radical (unpaired) electrons. The molecule has 0 saturated heterocycles. The Kier molecular flexibility index (Phi) is 9.33. The minimum Gasteiger partial charge on any atom is -0.352 e. The van der Waals surface area contributed by atoms with Gasteiger partial charge in [0.1, 0.15) is 6.04 Å². The van der Waals surface area contributed by atoms with Crippen molar-refractivity contribution in [2.45, 2.75) is 63.9 Å². The minimum atomic E-state index is -0.547. The van der Waals surface area contributed by atoms with Gasteiger partial charge in [-0.1, -0.05) is 71.9 Å². The molecule has 3 rings (SSSR count). The Morgan fingerprint density at radius 3 is 2.34 bits per heavy atom. The summed E-state index contributed by atoms with van der Waals surface area (Å²) in [5.41, 5.74) is 2.99. The molecule has 1 atom stereocenters. The van der Waals surface area contributed by atoms with E-state index in [0.717, 1.165) is 42.4 Å². The van der Waals surface area contributed by atoms with Gasteiger partial charge < -0.3 is 10.2 Å². The molecule has 0 aromatic heterocycles. The van der Waals surface area contributed by atoms with Crippen LogP contribution in [0, 0.1) is 6.92 Å². The number of carbonyl (C=O) groups is 2. The topological polar surface area (TPSA) is 49.4 Å². The number of aryl methyl sites for hydroxylation is 1. The van der Waals surface area contributed by atoms with Crippen LogP contribution in [0.4, 0.5) is 0 Å². The third-order valence-electron chi connectivity index (χ3n) is 5.88. The molecule has 1 aliphatic carbocycles. The van der Waals surface area contributed by atoms with Gasteiger partial charge in [0.05, 0.1) is 5.75 Å². The van der Waals surface area contributed by atoms with E-state index in [-0.39, 0.29) is 23.6 Å². The van der Waals surface area contributed by atoms with Crippen molar-refractivity contribution in [1.82, 2.24) is 10.2 Å². The number of nitrogens with zero attached hydrogens (tertiary/aromatic N) is 1. The summed E-state index contributed by atoms with van der Waals surface area (Å²) in [6.07, 6.45) is 4.32. The van der Waals surface area contributed by atoms with E-state index in [1.54, 1.807) is 23.1 Å². The van der Waals surface area contributed by atoms with Crippen LogP contribution in [-0.2, 0) is 21.9 Å². The molecule has 0 heterocycles. The van der Waals surface area contributed by atoms with Crippen molar-refractivity contribution in [1.29, 1.82) is 0 Å². The summed E-state index contributed by atoms with van der Waals surface area (Å²) < 4.78 is 0. The highest BCUT2D eigenvalue weighted by Crippen LogP contribution is 2.28. The van der Waals surface area contributed by atoms with Gasteiger partial charge >= 0.3 is 0 Å². The smallest absolute Gasteiger partial charge is 0.242 e. The maximum Gasteiger partial charge on any atom is 0.242 e. The van der Waals surface area contributed by atoms with E-state index in [1.807, 2.05) is 38.1 Å². The van der Waals surface area contributed by atoms with Gasteiger partial charge in [-0.2, -0.15) is 0 Å². The number of nitrogens with one attached hydrogen (secondary N) is 1. The number of rotatable bonds is 9. The van der Waals surface area contributed by atoms with Gasteiger partial charge in [0.25, 0.3) is 0 Å². The van der Waals surface area contributed by atoms with Crippen molar-refractivity contribution >= 4 is 46.8 Å². The van der Waals surface area contributed by atoms with Gasteiger partial charge in [0.2, 0.25) is 11.8 Å². The van der Waals surface area contributed by atoms with E-state index in [2.05, 4.69) is 5.32 Å². The van der Waals surface area contributed by atoms with Gasteiger partial charge in [0.15, 0.2) is 0 Å². The van der Waals surface area contributed by atoms with Crippen molar-refractivity contribution in [2.75, 3.05) is 5.75 Å². The number of halogens is 2. The Morgan fingerprint density at radius 2 is 1.72 bits per heavy atom. The third kappa shape index (κ3) is 6.90. The molecule has 1 saturated carbocycles. The number of amides is 2. The Morgan fingerprint density at radius 1 is 1.09 bits per heavy atom. The number of hydrogen-bond donors (Lipinski definition) is 1. The lowest BCUT2D eigenvalue weighted by molar-refractivity contribution is -0.138. The summed E-state index contributed by atoms with van der Waals surface area (Å²) in [6.45, 7) is 4.23. The summed E-state index contributed by atoms with van der Waals surface area (Å²) in [6, 6.07) is 13.1. The van der Waals surface area contributed by atoms with E-state index in [9.17, 15) is 9.59 Å². The van der Waals surface area contributed by atoms with Crippen LogP contribution in [-0.4, -0.2) is 34.6 Å². The second-order valence-corrected chi connectivity index (χ2v) is 10.2. The predicted octanol–water partition coefficient (Wildman–Crippen LogP) is 6.01. The molecule has 172 valence electrons. The zero-order valence-electron chi connectivity index (χ0n) is 18.6.